The molecule has 4 N–H and O–H groups in total. The van der Waals surface area contributed by atoms with Crippen LogP contribution in [0.1, 0.15) is 52.8 Å². The third-order valence-corrected chi connectivity index (χ3v) is 2.91. The largest absolute Gasteiger partial charge is 0.370 e. The highest BCUT2D eigenvalue weighted by Crippen LogP contribution is 2.22. The van der Waals surface area contributed by atoms with Crippen LogP contribution in [0.25, 0.3) is 0 Å². The zero-order chi connectivity index (χ0) is 15.9. The number of carbonyl (C=O) groups excluding carboxylic acids is 1. The molecule has 0 bridgehead atoms. The lowest BCUT2D eigenvalue weighted by atomic mass is 9.96. The summed E-state index contributed by atoms with van der Waals surface area (Å²) in [5.41, 5.74) is 5.02. The van der Waals surface area contributed by atoms with E-state index in [2.05, 4.69) is 41.4 Å². The molecule has 0 saturated carbocycles. The van der Waals surface area contributed by atoms with Gasteiger partial charge in [-0.2, -0.15) is 0 Å². The van der Waals surface area contributed by atoms with Crippen LogP contribution in [0.2, 0.25) is 0 Å². The molecule has 118 valence electrons. The Bertz CT molecular complexity index is 468. The summed E-state index contributed by atoms with van der Waals surface area (Å²) in [7, 11) is 0. The van der Waals surface area contributed by atoms with Gasteiger partial charge in [-0.05, 0) is 19.8 Å². The minimum Gasteiger partial charge on any atom is -0.370 e. The van der Waals surface area contributed by atoms with Crippen LogP contribution in [-0.2, 0) is 10.2 Å². The minimum atomic E-state index is -0.249. The van der Waals surface area contributed by atoms with Gasteiger partial charge in [0.15, 0.2) is 0 Å². The van der Waals surface area contributed by atoms with Gasteiger partial charge in [0, 0.05) is 31.0 Å². The number of nitrogens with one attached hydrogen (secondary N) is 2. The van der Waals surface area contributed by atoms with E-state index in [-0.39, 0.29) is 11.3 Å². The van der Waals surface area contributed by atoms with Crippen molar-refractivity contribution in [3.63, 3.8) is 0 Å². The number of nitrogens with zero attached hydrogens (tertiary/aromatic N) is 2. The van der Waals surface area contributed by atoms with Crippen molar-refractivity contribution in [1.29, 1.82) is 0 Å². The molecule has 0 atom stereocenters. The van der Waals surface area contributed by atoms with Crippen molar-refractivity contribution < 1.29 is 4.79 Å². The molecule has 6 heteroatoms. The summed E-state index contributed by atoms with van der Waals surface area (Å²) in [5, 5.41) is 6.51. The molecule has 0 unspecified atom stereocenters. The number of unbranched alkanes of at least 4 members (excludes halogenated alkanes) is 1. The first kappa shape index (κ1) is 17.2. The summed E-state index contributed by atoms with van der Waals surface area (Å²) in [6, 6.07) is 1.91. The highest BCUT2D eigenvalue weighted by molar-refractivity contribution is 5.73. The molecule has 1 rings (SSSR count). The number of primary amides is 1. The van der Waals surface area contributed by atoms with E-state index in [0.29, 0.717) is 6.42 Å². The summed E-state index contributed by atoms with van der Waals surface area (Å²) >= 11 is 0. The summed E-state index contributed by atoms with van der Waals surface area (Å²) in [6.07, 6.45) is 2.11. The monoisotopic (exact) mass is 293 g/mol. The maximum absolute atomic E-state index is 10.7. The van der Waals surface area contributed by atoms with E-state index in [1.807, 2.05) is 13.0 Å². The van der Waals surface area contributed by atoms with Crippen molar-refractivity contribution in [2.45, 2.75) is 52.4 Å². The van der Waals surface area contributed by atoms with Crippen molar-refractivity contribution in [3.05, 3.63) is 11.9 Å². The van der Waals surface area contributed by atoms with E-state index < -0.39 is 0 Å². The van der Waals surface area contributed by atoms with E-state index in [1.54, 1.807) is 0 Å². The normalized spacial score (nSPS) is 11.2. The number of aromatic nitrogens is 2. The second-order valence-electron chi connectivity index (χ2n) is 6.09. The molecule has 1 aromatic heterocycles. The Kier molecular flexibility index (Phi) is 6.39. The summed E-state index contributed by atoms with van der Waals surface area (Å²) < 4.78 is 0. The third-order valence-electron chi connectivity index (χ3n) is 2.91. The van der Waals surface area contributed by atoms with Crippen molar-refractivity contribution in [2.75, 3.05) is 23.7 Å². The molecule has 1 amide bonds. The SMILES string of the molecule is CCNc1cc(NCCCCC(N)=O)nc(C(C)(C)C)n1. The van der Waals surface area contributed by atoms with E-state index in [9.17, 15) is 4.79 Å². The van der Waals surface area contributed by atoms with Crippen molar-refractivity contribution in [3.8, 4) is 0 Å². The van der Waals surface area contributed by atoms with Crippen LogP contribution < -0.4 is 16.4 Å². The van der Waals surface area contributed by atoms with Gasteiger partial charge in [-0.15, -0.1) is 0 Å². The van der Waals surface area contributed by atoms with Crippen LogP contribution in [0, 0.1) is 0 Å². The fourth-order valence-electron chi connectivity index (χ4n) is 1.79. The first-order chi connectivity index (χ1) is 9.82. The highest BCUT2D eigenvalue weighted by atomic mass is 16.1. The number of anilines is 2. The van der Waals surface area contributed by atoms with Gasteiger partial charge in [0.1, 0.15) is 17.5 Å². The average molecular weight is 293 g/mol. The van der Waals surface area contributed by atoms with E-state index in [4.69, 9.17) is 5.73 Å². The van der Waals surface area contributed by atoms with Crippen LogP contribution in [0.5, 0.6) is 0 Å². The Balaban J connectivity index is 2.67. The van der Waals surface area contributed by atoms with Crippen molar-refractivity contribution >= 4 is 17.5 Å². The van der Waals surface area contributed by atoms with Gasteiger partial charge in [-0.3, -0.25) is 4.79 Å². The van der Waals surface area contributed by atoms with Crippen LogP contribution in [0.4, 0.5) is 11.6 Å². The molecule has 0 aliphatic rings. The molecule has 21 heavy (non-hydrogen) atoms. The third kappa shape index (κ3) is 6.42. The van der Waals surface area contributed by atoms with Gasteiger partial charge in [0.25, 0.3) is 0 Å². The molecular formula is C15H27N5O. The lowest BCUT2D eigenvalue weighted by Crippen LogP contribution is -2.19. The maximum Gasteiger partial charge on any atom is 0.217 e. The van der Waals surface area contributed by atoms with Gasteiger partial charge in [0.05, 0.1) is 0 Å². The quantitative estimate of drug-likeness (QED) is 0.639. The fraction of sp³-hybridized carbons (Fsp3) is 0.667. The first-order valence-corrected chi connectivity index (χ1v) is 7.48. The molecule has 0 fully saturated rings. The number of rotatable bonds is 8. The Hall–Kier alpha value is -1.85. The molecule has 0 aliphatic carbocycles. The number of hydrogen-bond donors (Lipinski definition) is 3. The van der Waals surface area contributed by atoms with E-state index in [0.717, 1.165) is 43.4 Å². The zero-order valence-corrected chi connectivity index (χ0v) is 13.5. The van der Waals surface area contributed by atoms with Gasteiger partial charge in [-0.25, -0.2) is 9.97 Å². The molecular weight excluding hydrogens is 266 g/mol. The Morgan fingerprint density at radius 3 is 2.33 bits per heavy atom. The van der Waals surface area contributed by atoms with Crippen LogP contribution in [0.15, 0.2) is 6.07 Å². The van der Waals surface area contributed by atoms with Crippen LogP contribution in [0.3, 0.4) is 0 Å². The number of carbonyl (C=O) groups is 1. The van der Waals surface area contributed by atoms with Gasteiger partial charge < -0.3 is 16.4 Å². The number of amides is 1. The maximum atomic E-state index is 10.7. The minimum absolute atomic E-state index is 0.103. The molecule has 0 radical (unpaired) electrons. The molecule has 1 heterocycles. The predicted octanol–water partition coefficient (Wildman–Crippen LogP) is 2.27. The topological polar surface area (TPSA) is 92.9 Å². The second-order valence-corrected chi connectivity index (χ2v) is 6.09. The van der Waals surface area contributed by atoms with Gasteiger partial charge in [0.2, 0.25) is 5.91 Å². The van der Waals surface area contributed by atoms with E-state index in [1.165, 1.54) is 0 Å². The Labute approximate surface area is 126 Å². The molecule has 0 saturated heterocycles. The van der Waals surface area contributed by atoms with Gasteiger partial charge >= 0.3 is 0 Å². The number of nitrogens with two attached hydrogens (primary N) is 1. The lowest BCUT2D eigenvalue weighted by Gasteiger charge is -2.19. The van der Waals surface area contributed by atoms with Crippen LogP contribution in [-0.4, -0.2) is 29.0 Å². The summed E-state index contributed by atoms with van der Waals surface area (Å²) in [6.45, 7) is 9.89. The van der Waals surface area contributed by atoms with Crippen LogP contribution >= 0.6 is 0 Å². The predicted molar refractivity (Wildman–Crippen MR) is 86.4 cm³/mol. The Morgan fingerprint density at radius 1 is 1.19 bits per heavy atom. The van der Waals surface area contributed by atoms with E-state index >= 15 is 0 Å². The summed E-state index contributed by atoms with van der Waals surface area (Å²) in [4.78, 5) is 19.8. The lowest BCUT2D eigenvalue weighted by molar-refractivity contribution is -0.118. The first-order valence-electron chi connectivity index (χ1n) is 7.48. The Morgan fingerprint density at radius 2 is 1.81 bits per heavy atom. The van der Waals surface area contributed by atoms with Gasteiger partial charge in [-0.1, -0.05) is 20.8 Å². The highest BCUT2D eigenvalue weighted by Gasteiger charge is 2.19. The smallest absolute Gasteiger partial charge is 0.217 e. The number of hydrogen-bond acceptors (Lipinski definition) is 5. The zero-order valence-electron chi connectivity index (χ0n) is 13.5. The fourth-order valence-corrected chi connectivity index (χ4v) is 1.79. The average Bonchev–Trinajstić information content (AvgIpc) is 2.37. The second kappa shape index (κ2) is 7.81. The molecule has 0 aliphatic heterocycles. The molecule has 6 nitrogen and oxygen atoms in total. The molecule has 0 aromatic carbocycles. The molecule has 1 aromatic rings. The summed E-state index contributed by atoms with van der Waals surface area (Å²) in [5.74, 6) is 2.20. The standard InChI is InChI=1S/C15H27N5O/c1-5-17-12-10-13(18-9-7-6-8-11(16)21)20-14(19-12)15(2,3)4/h10H,5-9H2,1-4H3,(H2,16,21)(H2,17,18,19,20). The molecule has 0 spiro atoms. The van der Waals surface area contributed by atoms with Crippen molar-refractivity contribution in [2.24, 2.45) is 5.73 Å². The van der Waals surface area contributed by atoms with Crippen molar-refractivity contribution in [1.82, 2.24) is 9.97 Å².